The van der Waals surface area contributed by atoms with Crippen molar-refractivity contribution in [2.75, 3.05) is 33.3 Å². The lowest BCUT2D eigenvalue weighted by atomic mass is 10.1. The Balaban J connectivity index is 1.74. The summed E-state index contributed by atoms with van der Waals surface area (Å²) in [5, 5.41) is 4.87. The normalized spacial score (nSPS) is 11.1. The first-order chi connectivity index (χ1) is 15.5. The Morgan fingerprint density at radius 3 is 2.69 bits per heavy atom. The fraction of sp³-hybridized carbons (Fsp3) is 0.417. The van der Waals surface area contributed by atoms with Gasteiger partial charge in [-0.1, -0.05) is 13.8 Å². The second kappa shape index (κ2) is 11.7. The lowest BCUT2D eigenvalue weighted by Gasteiger charge is -2.25. The summed E-state index contributed by atoms with van der Waals surface area (Å²) in [6.07, 6.45) is 2.63. The fourth-order valence-corrected chi connectivity index (χ4v) is 3.85. The molecule has 0 aliphatic rings. The third-order valence-electron chi connectivity index (χ3n) is 5.53. The molecule has 0 spiro atoms. The molecule has 0 saturated carbocycles. The minimum atomic E-state index is -0.128. The maximum atomic E-state index is 12.7. The molecule has 0 unspecified atom stereocenters. The number of thiocarbonyl (C=S) groups is 1. The first kappa shape index (κ1) is 23.8. The minimum absolute atomic E-state index is 0.128. The highest BCUT2D eigenvalue weighted by Crippen LogP contribution is 2.19. The molecule has 2 N–H and O–H groups in total. The van der Waals surface area contributed by atoms with E-state index in [4.69, 9.17) is 21.4 Å². The lowest BCUT2D eigenvalue weighted by Crippen LogP contribution is -2.41. The molecule has 0 atom stereocenters. The summed E-state index contributed by atoms with van der Waals surface area (Å²) in [4.78, 5) is 20.0. The Labute approximate surface area is 194 Å². The molecule has 0 amide bonds. The minimum Gasteiger partial charge on any atom is -0.497 e. The van der Waals surface area contributed by atoms with Gasteiger partial charge in [0.15, 0.2) is 5.11 Å². The SMILES string of the molecule is CCN(CC)CCCNC(=S)N(Cc1ccco1)Cc1cc2cc(OC)ccc2[nH]c1=O. The number of aromatic nitrogens is 1. The van der Waals surface area contributed by atoms with Crippen molar-refractivity contribution in [1.82, 2.24) is 20.1 Å². The van der Waals surface area contributed by atoms with E-state index < -0.39 is 0 Å². The molecule has 2 heterocycles. The third-order valence-corrected chi connectivity index (χ3v) is 5.93. The van der Waals surface area contributed by atoms with Crippen LogP contribution in [0, 0.1) is 0 Å². The van der Waals surface area contributed by atoms with Gasteiger partial charge in [0.05, 0.1) is 26.5 Å². The van der Waals surface area contributed by atoms with E-state index in [-0.39, 0.29) is 5.56 Å². The number of methoxy groups -OCH3 is 1. The van der Waals surface area contributed by atoms with Crippen LogP contribution in [0.2, 0.25) is 0 Å². The molecule has 8 heteroatoms. The molecule has 0 saturated heterocycles. The second-order valence-corrected chi connectivity index (χ2v) is 8.01. The van der Waals surface area contributed by atoms with Gasteiger partial charge in [-0.15, -0.1) is 0 Å². The van der Waals surface area contributed by atoms with Crippen LogP contribution in [-0.2, 0) is 13.1 Å². The molecule has 3 aromatic rings. The van der Waals surface area contributed by atoms with Crippen molar-refractivity contribution in [1.29, 1.82) is 0 Å². The van der Waals surface area contributed by atoms with Crippen LogP contribution in [0.25, 0.3) is 10.9 Å². The summed E-state index contributed by atoms with van der Waals surface area (Å²) >= 11 is 5.69. The molecule has 172 valence electrons. The van der Waals surface area contributed by atoms with Crippen molar-refractivity contribution in [2.24, 2.45) is 0 Å². The molecular weight excluding hydrogens is 424 g/mol. The number of aromatic amines is 1. The predicted octanol–water partition coefficient (Wildman–Crippen LogP) is 3.74. The van der Waals surface area contributed by atoms with Gasteiger partial charge in [0.2, 0.25) is 0 Å². The van der Waals surface area contributed by atoms with Gasteiger partial charge in [-0.25, -0.2) is 0 Å². The first-order valence-corrected chi connectivity index (χ1v) is 11.4. The van der Waals surface area contributed by atoms with Crippen LogP contribution < -0.4 is 15.6 Å². The van der Waals surface area contributed by atoms with E-state index >= 15 is 0 Å². The largest absolute Gasteiger partial charge is 0.497 e. The molecule has 0 aliphatic heterocycles. The van der Waals surface area contributed by atoms with E-state index in [0.717, 1.165) is 55.0 Å². The van der Waals surface area contributed by atoms with Gasteiger partial charge in [-0.05, 0) is 74.7 Å². The zero-order valence-corrected chi connectivity index (χ0v) is 19.8. The molecule has 32 heavy (non-hydrogen) atoms. The highest BCUT2D eigenvalue weighted by atomic mass is 32.1. The number of hydrogen-bond acceptors (Lipinski definition) is 5. The number of furan rings is 1. The Hall–Kier alpha value is -2.84. The van der Waals surface area contributed by atoms with E-state index in [1.165, 1.54) is 0 Å². The standard InChI is InChI=1S/C24H32N4O3S/c1-4-27(5-2)12-7-11-25-24(32)28(17-21-8-6-13-31-21)16-19-14-18-15-20(30-3)9-10-22(18)26-23(19)29/h6,8-10,13-15H,4-5,7,11-12,16-17H2,1-3H3,(H,25,32)(H,26,29). The monoisotopic (exact) mass is 456 g/mol. The van der Waals surface area contributed by atoms with Crippen LogP contribution in [0.15, 0.2) is 51.9 Å². The fourth-order valence-electron chi connectivity index (χ4n) is 3.62. The Kier molecular flexibility index (Phi) is 8.70. The topological polar surface area (TPSA) is 73.7 Å². The maximum absolute atomic E-state index is 12.7. The van der Waals surface area contributed by atoms with Gasteiger partial charge in [0, 0.05) is 23.0 Å². The van der Waals surface area contributed by atoms with E-state index in [0.29, 0.717) is 23.8 Å². The van der Waals surface area contributed by atoms with Gasteiger partial charge in [0.25, 0.3) is 5.56 Å². The van der Waals surface area contributed by atoms with Gasteiger partial charge in [-0.3, -0.25) is 4.79 Å². The van der Waals surface area contributed by atoms with Gasteiger partial charge < -0.3 is 29.3 Å². The number of H-pyrrole nitrogens is 1. The molecule has 1 aromatic carbocycles. The average molecular weight is 457 g/mol. The Morgan fingerprint density at radius 2 is 2.00 bits per heavy atom. The zero-order chi connectivity index (χ0) is 22.9. The van der Waals surface area contributed by atoms with Crippen LogP contribution in [-0.4, -0.2) is 53.2 Å². The van der Waals surface area contributed by atoms with Crippen LogP contribution in [0.3, 0.4) is 0 Å². The van der Waals surface area contributed by atoms with Crippen LogP contribution in [0.4, 0.5) is 0 Å². The number of fused-ring (bicyclic) bond motifs is 1. The van der Waals surface area contributed by atoms with Crippen LogP contribution in [0.5, 0.6) is 5.75 Å². The van der Waals surface area contributed by atoms with Gasteiger partial charge in [-0.2, -0.15) is 0 Å². The summed E-state index contributed by atoms with van der Waals surface area (Å²) in [6, 6.07) is 11.2. The van der Waals surface area contributed by atoms with E-state index in [1.54, 1.807) is 13.4 Å². The summed E-state index contributed by atoms with van der Waals surface area (Å²) in [5.74, 6) is 1.53. The average Bonchev–Trinajstić information content (AvgIpc) is 3.32. The van der Waals surface area contributed by atoms with Gasteiger partial charge in [0.1, 0.15) is 11.5 Å². The van der Waals surface area contributed by atoms with E-state index in [1.807, 2.05) is 41.3 Å². The number of benzene rings is 1. The van der Waals surface area contributed by atoms with Crippen molar-refractivity contribution in [3.8, 4) is 5.75 Å². The number of hydrogen-bond donors (Lipinski definition) is 2. The number of nitrogens with zero attached hydrogens (tertiary/aromatic N) is 2. The molecular formula is C24H32N4O3S. The highest BCUT2D eigenvalue weighted by Gasteiger charge is 2.15. The Morgan fingerprint density at radius 1 is 1.19 bits per heavy atom. The van der Waals surface area contributed by atoms with Crippen molar-refractivity contribution < 1.29 is 9.15 Å². The third kappa shape index (κ3) is 6.34. The van der Waals surface area contributed by atoms with Crippen LogP contribution in [0.1, 0.15) is 31.6 Å². The van der Waals surface area contributed by atoms with E-state index in [2.05, 4.69) is 29.0 Å². The number of nitrogens with one attached hydrogen (secondary N) is 2. The maximum Gasteiger partial charge on any atom is 0.253 e. The number of rotatable bonds is 11. The molecule has 7 nitrogen and oxygen atoms in total. The highest BCUT2D eigenvalue weighted by molar-refractivity contribution is 7.80. The lowest BCUT2D eigenvalue weighted by molar-refractivity contribution is 0.298. The molecule has 2 aromatic heterocycles. The van der Waals surface area contributed by atoms with Crippen molar-refractivity contribution >= 4 is 28.2 Å². The summed E-state index contributed by atoms with van der Waals surface area (Å²) in [7, 11) is 1.63. The Bertz CT molecular complexity index is 1060. The summed E-state index contributed by atoms with van der Waals surface area (Å²) in [5.41, 5.74) is 1.27. The molecule has 0 fully saturated rings. The molecule has 0 radical (unpaired) electrons. The second-order valence-electron chi connectivity index (χ2n) is 7.62. The van der Waals surface area contributed by atoms with Crippen molar-refractivity contribution in [2.45, 2.75) is 33.4 Å². The quantitative estimate of drug-likeness (QED) is 0.336. The smallest absolute Gasteiger partial charge is 0.253 e. The summed E-state index contributed by atoms with van der Waals surface area (Å²) in [6.45, 7) is 9.06. The predicted molar refractivity (Wildman–Crippen MR) is 132 cm³/mol. The first-order valence-electron chi connectivity index (χ1n) is 11.0. The van der Waals surface area contributed by atoms with Crippen LogP contribution >= 0.6 is 12.2 Å². The van der Waals surface area contributed by atoms with Gasteiger partial charge >= 0.3 is 0 Å². The molecule has 0 aliphatic carbocycles. The molecule has 3 rings (SSSR count). The van der Waals surface area contributed by atoms with Crippen molar-refractivity contribution in [3.05, 3.63) is 64.3 Å². The number of ether oxygens (including phenoxy) is 1. The van der Waals surface area contributed by atoms with Crippen molar-refractivity contribution in [3.63, 3.8) is 0 Å². The van der Waals surface area contributed by atoms with E-state index in [9.17, 15) is 4.79 Å². The number of pyridine rings is 1. The molecule has 0 bridgehead atoms. The summed E-state index contributed by atoms with van der Waals surface area (Å²) < 4.78 is 10.9. The zero-order valence-electron chi connectivity index (χ0n) is 19.0.